The molecule has 0 aromatic heterocycles. The van der Waals surface area contributed by atoms with E-state index in [2.05, 4.69) is 26.8 Å². The van der Waals surface area contributed by atoms with Crippen LogP contribution in [0.15, 0.2) is 35.9 Å². The molecule has 1 unspecified atom stereocenters. The van der Waals surface area contributed by atoms with Gasteiger partial charge in [-0.05, 0) is 37.5 Å². The van der Waals surface area contributed by atoms with Gasteiger partial charge in [-0.25, -0.2) is 0 Å². The van der Waals surface area contributed by atoms with Gasteiger partial charge in [0.15, 0.2) is 11.6 Å². The van der Waals surface area contributed by atoms with Crippen molar-refractivity contribution in [3.8, 4) is 0 Å². The molecule has 1 atom stereocenters. The van der Waals surface area contributed by atoms with E-state index in [4.69, 9.17) is 0 Å². The van der Waals surface area contributed by atoms with Crippen LogP contribution in [0.2, 0.25) is 0 Å². The van der Waals surface area contributed by atoms with Crippen molar-refractivity contribution in [2.75, 3.05) is 0 Å². The number of carbonyl (C=O) groups excluding carboxylic acids is 2. The molecule has 2 aliphatic rings. The van der Waals surface area contributed by atoms with E-state index in [1.165, 1.54) is 0 Å². The second-order valence-electron chi connectivity index (χ2n) is 7.90. The molecule has 0 fully saturated rings. The number of hydrogen-bond acceptors (Lipinski definition) is 2. The molecular weight excluding hydrogens is 272 g/mol. The number of carbonyl (C=O) groups is 2. The third kappa shape index (κ3) is 2.08. The molecular formula is C20H24O2. The minimum Gasteiger partial charge on any atom is -0.293 e. The number of rotatable bonds is 1. The van der Waals surface area contributed by atoms with Crippen molar-refractivity contribution in [3.63, 3.8) is 0 Å². The quantitative estimate of drug-likeness (QED) is 0.548. The zero-order valence-electron chi connectivity index (χ0n) is 13.9. The Morgan fingerprint density at radius 2 is 1.59 bits per heavy atom. The van der Waals surface area contributed by atoms with Gasteiger partial charge in [0.25, 0.3) is 0 Å². The molecule has 22 heavy (non-hydrogen) atoms. The molecule has 0 saturated carbocycles. The molecule has 2 heteroatoms. The summed E-state index contributed by atoms with van der Waals surface area (Å²) in [4.78, 5) is 25.7. The molecule has 0 radical (unpaired) electrons. The van der Waals surface area contributed by atoms with Gasteiger partial charge in [-0.2, -0.15) is 0 Å². The predicted molar refractivity (Wildman–Crippen MR) is 88.1 cm³/mol. The summed E-state index contributed by atoms with van der Waals surface area (Å²) in [5, 5.41) is 0. The van der Waals surface area contributed by atoms with Gasteiger partial charge >= 0.3 is 0 Å². The minimum absolute atomic E-state index is 0.0199. The Labute approximate surface area is 132 Å². The Morgan fingerprint density at radius 1 is 1.05 bits per heavy atom. The van der Waals surface area contributed by atoms with Crippen molar-refractivity contribution in [2.45, 2.75) is 47.0 Å². The van der Waals surface area contributed by atoms with Gasteiger partial charge in [-0.3, -0.25) is 9.59 Å². The number of Topliss-reactive ketones (excluding diaryl/α,β-unsaturated/α-hetero) is 2. The predicted octanol–water partition coefficient (Wildman–Crippen LogP) is 4.84. The van der Waals surface area contributed by atoms with Crippen molar-refractivity contribution in [2.24, 2.45) is 16.7 Å². The van der Waals surface area contributed by atoms with E-state index >= 15 is 0 Å². The van der Waals surface area contributed by atoms with Crippen LogP contribution in [0.5, 0.6) is 0 Å². The van der Waals surface area contributed by atoms with Crippen molar-refractivity contribution in [1.29, 1.82) is 0 Å². The summed E-state index contributed by atoms with van der Waals surface area (Å²) < 4.78 is 0. The summed E-state index contributed by atoms with van der Waals surface area (Å²) in [6.45, 7) is 8.61. The Bertz CT molecular complexity index is 638. The van der Waals surface area contributed by atoms with E-state index in [0.717, 1.165) is 24.8 Å². The first-order chi connectivity index (χ1) is 10.3. The summed E-state index contributed by atoms with van der Waals surface area (Å²) in [6, 6.07) is 7.23. The summed E-state index contributed by atoms with van der Waals surface area (Å²) in [5.41, 5.74) is 1.52. The molecule has 116 valence electrons. The standard InChI is InChI=1S/C20H24O2/c1-19(2,3)13-9-11-14(12-10-13)20(4)17(21)15-7-5-6-8-16(15)18(20)22/h5-8,11,13H,9-10,12H2,1-4H3. The van der Waals surface area contributed by atoms with E-state index in [1.54, 1.807) is 12.1 Å². The van der Waals surface area contributed by atoms with Gasteiger partial charge in [0.2, 0.25) is 0 Å². The molecule has 0 saturated heterocycles. The Hall–Kier alpha value is -1.70. The molecule has 0 N–H and O–H groups in total. The summed E-state index contributed by atoms with van der Waals surface area (Å²) in [5.74, 6) is 0.580. The SMILES string of the molecule is CC1(C2=CCC(C(C)(C)C)CC2)C(=O)c2ccccc2C1=O. The van der Waals surface area contributed by atoms with E-state index in [9.17, 15) is 9.59 Å². The van der Waals surface area contributed by atoms with E-state index < -0.39 is 5.41 Å². The fraction of sp³-hybridized carbons (Fsp3) is 0.500. The molecule has 2 aliphatic carbocycles. The van der Waals surface area contributed by atoms with Crippen molar-refractivity contribution >= 4 is 11.6 Å². The highest BCUT2D eigenvalue weighted by molar-refractivity contribution is 6.31. The maximum Gasteiger partial charge on any atom is 0.181 e. The van der Waals surface area contributed by atoms with E-state index in [1.807, 2.05) is 19.1 Å². The van der Waals surface area contributed by atoms with Crippen LogP contribution in [0.25, 0.3) is 0 Å². The lowest BCUT2D eigenvalue weighted by molar-refractivity contribution is 0.0756. The lowest BCUT2D eigenvalue weighted by Gasteiger charge is -2.36. The van der Waals surface area contributed by atoms with Crippen LogP contribution in [-0.2, 0) is 0 Å². The third-order valence-electron chi connectivity index (χ3n) is 5.60. The summed E-state index contributed by atoms with van der Waals surface area (Å²) >= 11 is 0. The van der Waals surface area contributed by atoms with Gasteiger partial charge in [-0.15, -0.1) is 0 Å². The maximum atomic E-state index is 12.8. The van der Waals surface area contributed by atoms with Gasteiger partial charge in [0.05, 0.1) is 0 Å². The molecule has 1 aromatic carbocycles. The van der Waals surface area contributed by atoms with Crippen LogP contribution in [0.1, 0.15) is 67.7 Å². The second kappa shape index (κ2) is 4.91. The smallest absolute Gasteiger partial charge is 0.181 e. The lowest BCUT2D eigenvalue weighted by atomic mass is 9.67. The number of allylic oxidation sites excluding steroid dienone is 2. The highest BCUT2D eigenvalue weighted by Crippen LogP contribution is 2.47. The first kappa shape index (κ1) is 15.2. The normalized spacial score (nSPS) is 24.2. The average Bonchev–Trinajstić information content (AvgIpc) is 2.70. The lowest BCUT2D eigenvalue weighted by Crippen LogP contribution is -2.34. The molecule has 0 bridgehead atoms. The minimum atomic E-state index is -0.966. The molecule has 0 aliphatic heterocycles. The van der Waals surface area contributed by atoms with Crippen molar-refractivity contribution in [1.82, 2.24) is 0 Å². The average molecular weight is 296 g/mol. The number of benzene rings is 1. The highest BCUT2D eigenvalue weighted by atomic mass is 16.2. The van der Waals surface area contributed by atoms with Crippen LogP contribution in [-0.4, -0.2) is 11.6 Å². The van der Waals surface area contributed by atoms with Gasteiger partial charge in [0.1, 0.15) is 5.41 Å². The van der Waals surface area contributed by atoms with Gasteiger partial charge < -0.3 is 0 Å². The largest absolute Gasteiger partial charge is 0.293 e. The Balaban J connectivity index is 1.95. The van der Waals surface area contributed by atoms with Crippen LogP contribution >= 0.6 is 0 Å². The number of hydrogen-bond donors (Lipinski definition) is 0. The maximum absolute atomic E-state index is 12.8. The molecule has 2 nitrogen and oxygen atoms in total. The van der Waals surface area contributed by atoms with Crippen molar-refractivity contribution < 1.29 is 9.59 Å². The first-order valence-corrected chi connectivity index (χ1v) is 8.14. The van der Waals surface area contributed by atoms with Crippen LogP contribution in [0.4, 0.5) is 0 Å². The van der Waals surface area contributed by atoms with Crippen LogP contribution in [0, 0.1) is 16.7 Å². The molecule has 0 amide bonds. The molecule has 3 rings (SSSR count). The summed E-state index contributed by atoms with van der Waals surface area (Å²) in [7, 11) is 0. The third-order valence-corrected chi connectivity index (χ3v) is 5.60. The monoisotopic (exact) mass is 296 g/mol. The van der Waals surface area contributed by atoms with Crippen molar-refractivity contribution in [3.05, 3.63) is 47.0 Å². The second-order valence-corrected chi connectivity index (χ2v) is 7.90. The summed E-state index contributed by atoms with van der Waals surface area (Å²) in [6.07, 6.45) is 5.04. The first-order valence-electron chi connectivity index (χ1n) is 8.14. The fourth-order valence-corrected chi connectivity index (χ4v) is 3.89. The molecule has 1 aromatic rings. The zero-order chi connectivity index (χ0) is 16.1. The van der Waals surface area contributed by atoms with Gasteiger partial charge in [0, 0.05) is 11.1 Å². The Morgan fingerprint density at radius 3 is 2.00 bits per heavy atom. The van der Waals surface area contributed by atoms with E-state index in [-0.39, 0.29) is 17.0 Å². The topological polar surface area (TPSA) is 34.1 Å². The number of ketones is 2. The van der Waals surface area contributed by atoms with Crippen LogP contribution < -0.4 is 0 Å². The van der Waals surface area contributed by atoms with Gasteiger partial charge in [-0.1, -0.05) is 56.7 Å². The molecule has 0 spiro atoms. The zero-order valence-corrected chi connectivity index (χ0v) is 13.9. The fourth-order valence-electron chi connectivity index (χ4n) is 3.89. The molecule has 0 heterocycles. The number of fused-ring (bicyclic) bond motifs is 1. The van der Waals surface area contributed by atoms with Crippen LogP contribution in [0.3, 0.4) is 0 Å². The Kier molecular flexibility index (Phi) is 3.39. The van der Waals surface area contributed by atoms with E-state index in [0.29, 0.717) is 17.0 Å². The highest BCUT2D eigenvalue weighted by Gasteiger charge is 2.51.